The molecule has 0 aromatic carbocycles. The molecule has 1 atom stereocenters. The second-order valence-electron chi connectivity index (χ2n) is 6.35. The maximum absolute atomic E-state index is 12.2. The fourth-order valence-corrected chi connectivity index (χ4v) is 4.24. The zero-order chi connectivity index (χ0) is 14.4. The maximum atomic E-state index is 12.2. The topological polar surface area (TPSA) is 38.3 Å². The number of carbonyl (C=O) groups is 1. The molecule has 0 heterocycles. The number of nitrogens with one attached hydrogen (secondary N) is 1. The molecule has 0 aromatic rings. The Hall–Kier alpha value is -0.220. The highest BCUT2D eigenvalue weighted by atomic mass is 32.2. The first-order valence-electron chi connectivity index (χ1n) is 8.20. The van der Waals surface area contributed by atoms with Crippen LogP contribution in [0, 0.1) is 0 Å². The van der Waals surface area contributed by atoms with Gasteiger partial charge in [0.15, 0.2) is 0 Å². The van der Waals surface area contributed by atoms with E-state index in [-0.39, 0.29) is 5.97 Å². The Balaban J connectivity index is 1.72. The van der Waals surface area contributed by atoms with Crippen molar-refractivity contribution in [1.29, 1.82) is 0 Å². The van der Waals surface area contributed by atoms with E-state index < -0.39 is 5.54 Å². The lowest BCUT2D eigenvalue weighted by molar-refractivity contribution is -0.151. The van der Waals surface area contributed by atoms with E-state index in [9.17, 15) is 4.79 Å². The molecule has 0 radical (unpaired) electrons. The predicted molar refractivity (Wildman–Crippen MR) is 85.1 cm³/mol. The first kappa shape index (κ1) is 16.2. The first-order chi connectivity index (χ1) is 9.64. The Morgan fingerprint density at radius 3 is 2.60 bits per heavy atom. The van der Waals surface area contributed by atoms with E-state index in [1.807, 2.05) is 13.8 Å². The predicted octanol–water partition coefficient (Wildman–Crippen LogP) is 3.52. The number of hydrogen-bond donors (Lipinski definition) is 1. The Bertz CT molecular complexity index is 314. The molecule has 1 unspecified atom stereocenters. The minimum Gasteiger partial charge on any atom is -0.465 e. The highest BCUT2D eigenvalue weighted by Crippen LogP contribution is 2.31. The molecule has 2 rings (SSSR count). The van der Waals surface area contributed by atoms with Crippen molar-refractivity contribution in [2.24, 2.45) is 0 Å². The fourth-order valence-electron chi connectivity index (χ4n) is 2.93. The fraction of sp³-hybridized carbons (Fsp3) is 0.938. The minimum absolute atomic E-state index is 0.0715. The van der Waals surface area contributed by atoms with Crippen molar-refractivity contribution >= 4 is 17.7 Å². The normalized spacial score (nSPS) is 22.7. The lowest BCUT2D eigenvalue weighted by atomic mass is 9.96. The summed E-state index contributed by atoms with van der Waals surface area (Å²) in [5.74, 6) is 1.10. The molecule has 2 saturated carbocycles. The second kappa shape index (κ2) is 7.69. The molecule has 0 aliphatic heterocycles. The van der Waals surface area contributed by atoms with Gasteiger partial charge in [-0.15, -0.1) is 0 Å². The molecule has 116 valence electrons. The van der Waals surface area contributed by atoms with Gasteiger partial charge in [-0.1, -0.05) is 12.8 Å². The van der Waals surface area contributed by atoms with Gasteiger partial charge < -0.3 is 4.74 Å². The quantitative estimate of drug-likeness (QED) is 0.522. The van der Waals surface area contributed by atoms with Crippen LogP contribution in [0.3, 0.4) is 0 Å². The smallest absolute Gasteiger partial charge is 0.326 e. The van der Waals surface area contributed by atoms with Crippen LogP contribution >= 0.6 is 11.8 Å². The highest BCUT2D eigenvalue weighted by molar-refractivity contribution is 7.99. The standard InChI is InChI=1S/C16H29NO2S/c1-3-19-15(18)16(2,17-13-9-10-13)11-6-12-20-14-7-4-5-8-14/h13-14,17H,3-12H2,1-2H3. The zero-order valence-corrected chi connectivity index (χ0v) is 13.8. The van der Waals surface area contributed by atoms with E-state index in [1.165, 1.54) is 44.3 Å². The third kappa shape index (κ3) is 4.96. The zero-order valence-electron chi connectivity index (χ0n) is 13.0. The summed E-state index contributed by atoms with van der Waals surface area (Å²) < 4.78 is 5.26. The molecule has 1 N–H and O–H groups in total. The molecular weight excluding hydrogens is 270 g/mol. The molecule has 2 aliphatic carbocycles. The van der Waals surface area contributed by atoms with Gasteiger partial charge in [0.2, 0.25) is 0 Å². The van der Waals surface area contributed by atoms with Crippen molar-refractivity contribution in [3.8, 4) is 0 Å². The van der Waals surface area contributed by atoms with Crippen molar-refractivity contribution in [3.63, 3.8) is 0 Å². The molecular formula is C16H29NO2S. The summed E-state index contributed by atoms with van der Waals surface area (Å²) >= 11 is 2.10. The van der Waals surface area contributed by atoms with E-state index in [4.69, 9.17) is 4.74 Å². The monoisotopic (exact) mass is 299 g/mol. The Kier molecular flexibility index (Phi) is 6.21. The number of esters is 1. The van der Waals surface area contributed by atoms with Crippen molar-refractivity contribution < 1.29 is 9.53 Å². The van der Waals surface area contributed by atoms with E-state index in [0.29, 0.717) is 12.6 Å². The molecule has 0 bridgehead atoms. The van der Waals surface area contributed by atoms with Crippen LogP contribution in [0.5, 0.6) is 0 Å². The van der Waals surface area contributed by atoms with Gasteiger partial charge in [-0.05, 0) is 58.1 Å². The molecule has 2 fully saturated rings. The van der Waals surface area contributed by atoms with Crippen molar-refractivity contribution in [3.05, 3.63) is 0 Å². The van der Waals surface area contributed by atoms with Gasteiger partial charge in [-0.25, -0.2) is 0 Å². The molecule has 0 aromatic heterocycles. The van der Waals surface area contributed by atoms with Gasteiger partial charge in [0.1, 0.15) is 5.54 Å². The minimum atomic E-state index is -0.479. The van der Waals surface area contributed by atoms with Crippen LogP contribution in [0.1, 0.15) is 65.2 Å². The SMILES string of the molecule is CCOC(=O)C(C)(CCCSC1CCCC1)NC1CC1. The first-order valence-corrected chi connectivity index (χ1v) is 9.25. The summed E-state index contributed by atoms with van der Waals surface area (Å²) in [6, 6.07) is 0.534. The molecule has 3 nitrogen and oxygen atoms in total. The van der Waals surface area contributed by atoms with E-state index in [1.54, 1.807) is 0 Å². The van der Waals surface area contributed by atoms with Gasteiger partial charge in [0.05, 0.1) is 6.61 Å². The lowest BCUT2D eigenvalue weighted by Crippen LogP contribution is -2.51. The molecule has 0 saturated heterocycles. The van der Waals surface area contributed by atoms with Gasteiger partial charge in [0.25, 0.3) is 0 Å². The van der Waals surface area contributed by atoms with E-state index >= 15 is 0 Å². The molecule has 4 heteroatoms. The van der Waals surface area contributed by atoms with Crippen molar-refractivity contribution in [1.82, 2.24) is 5.32 Å². The number of hydrogen-bond acceptors (Lipinski definition) is 4. The Morgan fingerprint density at radius 2 is 2.00 bits per heavy atom. The van der Waals surface area contributed by atoms with Crippen LogP contribution in [0.2, 0.25) is 0 Å². The summed E-state index contributed by atoms with van der Waals surface area (Å²) in [5.41, 5.74) is -0.479. The van der Waals surface area contributed by atoms with Crippen LogP contribution in [0.4, 0.5) is 0 Å². The Morgan fingerprint density at radius 1 is 1.30 bits per heavy atom. The lowest BCUT2D eigenvalue weighted by Gasteiger charge is -2.28. The number of thioether (sulfide) groups is 1. The molecule has 0 spiro atoms. The van der Waals surface area contributed by atoms with Crippen LogP contribution in [-0.4, -0.2) is 35.2 Å². The summed E-state index contributed by atoms with van der Waals surface area (Å²) in [6.07, 6.45) is 9.97. The van der Waals surface area contributed by atoms with Crippen molar-refractivity contribution in [2.45, 2.75) is 82.0 Å². The molecule has 2 aliphatic rings. The van der Waals surface area contributed by atoms with Gasteiger partial charge >= 0.3 is 5.97 Å². The second-order valence-corrected chi connectivity index (χ2v) is 7.76. The average Bonchev–Trinajstić information content (AvgIpc) is 3.07. The summed E-state index contributed by atoms with van der Waals surface area (Å²) in [4.78, 5) is 12.2. The third-order valence-electron chi connectivity index (χ3n) is 4.30. The van der Waals surface area contributed by atoms with Crippen LogP contribution in [0.15, 0.2) is 0 Å². The van der Waals surface area contributed by atoms with Gasteiger partial charge in [0, 0.05) is 11.3 Å². The van der Waals surface area contributed by atoms with Crippen LogP contribution in [0.25, 0.3) is 0 Å². The van der Waals surface area contributed by atoms with Crippen LogP contribution in [-0.2, 0) is 9.53 Å². The average molecular weight is 299 g/mol. The summed E-state index contributed by atoms with van der Waals surface area (Å²) in [6.45, 7) is 4.37. The maximum Gasteiger partial charge on any atom is 0.326 e. The number of ether oxygens (including phenoxy) is 1. The summed E-state index contributed by atoms with van der Waals surface area (Å²) in [7, 11) is 0. The van der Waals surface area contributed by atoms with Gasteiger partial charge in [-0.2, -0.15) is 11.8 Å². The van der Waals surface area contributed by atoms with E-state index in [2.05, 4.69) is 17.1 Å². The molecule has 0 amide bonds. The molecule has 20 heavy (non-hydrogen) atoms. The van der Waals surface area contributed by atoms with E-state index in [0.717, 1.165) is 18.1 Å². The highest BCUT2D eigenvalue weighted by Gasteiger charge is 2.39. The number of carbonyl (C=O) groups excluding carboxylic acids is 1. The van der Waals surface area contributed by atoms with Crippen molar-refractivity contribution in [2.75, 3.05) is 12.4 Å². The van der Waals surface area contributed by atoms with Gasteiger partial charge in [-0.3, -0.25) is 10.1 Å². The largest absolute Gasteiger partial charge is 0.465 e. The number of rotatable bonds is 9. The third-order valence-corrected chi connectivity index (χ3v) is 5.77. The summed E-state index contributed by atoms with van der Waals surface area (Å²) in [5, 5.41) is 4.37. The Labute approximate surface area is 127 Å². The van der Waals surface area contributed by atoms with Crippen LogP contribution < -0.4 is 5.32 Å².